The van der Waals surface area contributed by atoms with Gasteiger partial charge in [-0.1, -0.05) is 0 Å². The Hall–Kier alpha value is -2.45. The van der Waals surface area contributed by atoms with E-state index in [0.29, 0.717) is 16.7 Å². The standard InChI is InChI=1S/C22H23F3N4O/c23-22(24,25)19-12-18(1-6-26-19)29-7-2-17-11-16(13-27-20(17)29)14-28-8-3-21(4-9-28)5-10-30-15-21/h1-2,6-7,11-13H,3-5,8-10,14-15H2. The Morgan fingerprint density at radius 3 is 2.63 bits per heavy atom. The maximum atomic E-state index is 13.0. The first kappa shape index (κ1) is 19.5. The molecule has 0 radical (unpaired) electrons. The van der Waals surface area contributed by atoms with Crippen molar-refractivity contribution >= 4 is 11.0 Å². The van der Waals surface area contributed by atoms with Gasteiger partial charge in [-0.2, -0.15) is 13.2 Å². The number of likely N-dealkylation sites (tertiary alicyclic amines) is 1. The quantitative estimate of drug-likeness (QED) is 0.633. The van der Waals surface area contributed by atoms with Crippen molar-refractivity contribution in [1.29, 1.82) is 0 Å². The number of fused-ring (bicyclic) bond motifs is 1. The first-order valence-corrected chi connectivity index (χ1v) is 10.2. The van der Waals surface area contributed by atoms with Gasteiger partial charge in [0.25, 0.3) is 0 Å². The van der Waals surface area contributed by atoms with Crippen molar-refractivity contribution in [3.05, 3.63) is 54.1 Å². The average Bonchev–Trinajstić information content (AvgIpc) is 3.36. The molecule has 0 atom stereocenters. The molecule has 2 aliphatic heterocycles. The Bertz CT molecular complexity index is 1050. The minimum Gasteiger partial charge on any atom is -0.381 e. The monoisotopic (exact) mass is 416 g/mol. The minimum absolute atomic E-state index is 0.385. The molecule has 8 heteroatoms. The van der Waals surface area contributed by atoms with E-state index in [4.69, 9.17) is 4.74 Å². The second-order valence-corrected chi connectivity index (χ2v) is 8.42. The van der Waals surface area contributed by atoms with Crippen LogP contribution >= 0.6 is 0 Å². The Morgan fingerprint density at radius 2 is 1.90 bits per heavy atom. The second-order valence-electron chi connectivity index (χ2n) is 8.42. The predicted molar refractivity (Wildman–Crippen MR) is 106 cm³/mol. The fourth-order valence-electron chi connectivity index (χ4n) is 4.58. The van der Waals surface area contributed by atoms with Crippen LogP contribution in [-0.4, -0.2) is 45.7 Å². The Kier molecular flexibility index (Phi) is 4.78. The zero-order valence-corrected chi connectivity index (χ0v) is 16.5. The second kappa shape index (κ2) is 7.35. The number of ether oxygens (including phenoxy) is 1. The summed E-state index contributed by atoms with van der Waals surface area (Å²) in [5.74, 6) is 0. The Labute approximate surface area is 172 Å². The average molecular weight is 416 g/mol. The van der Waals surface area contributed by atoms with E-state index in [-0.39, 0.29) is 0 Å². The first-order chi connectivity index (χ1) is 14.4. The van der Waals surface area contributed by atoms with Gasteiger partial charge in [0, 0.05) is 37.1 Å². The van der Waals surface area contributed by atoms with Crippen molar-refractivity contribution in [1.82, 2.24) is 19.4 Å². The highest BCUT2D eigenvalue weighted by Gasteiger charge is 2.38. The molecule has 3 aromatic rings. The maximum absolute atomic E-state index is 13.0. The van der Waals surface area contributed by atoms with Gasteiger partial charge in [-0.05, 0) is 67.6 Å². The van der Waals surface area contributed by atoms with E-state index in [1.54, 1.807) is 16.8 Å². The molecule has 0 N–H and O–H groups in total. The summed E-state index contributed by atoms with van der Waals surface area (Å²) >= 11 is 0. The predicted octanol–water partition coefficient (Wildman–Crippen LogP) is 4.44. The largest absolute Gasteiger partial charge is 0.433 e. The van der Waals surface area contributed by atoms with Crippen LogP contribution in [-0.2, 0) is 17.5 Å². The molecule has 5 rings (SSSR count). The van der Waals surface area contributed by atoms with Gasteiger partial charge in [-0.25, -0.2) is 4.98 Å². The molecule has 2 aliphatic rings. The summed E-state index contributed by atoms with van der Waals surface area (Å²) in [5, 5.41) is 0.913. The lowest BCUT2D eigenvalue weighted by Gasteiger charge is -2.38. The van der Waals surface area contributed by atoms with E-state index >= 15 is 0 Å². The number of hydrogen-bond donors (Lipinski definition) is 0. The van der Waals surface area contributed by atoms with Gasteiger partial charge in [0.2, 0.25) is 0 Å². The Morgan fingerprint density at radius 1 is 1.07 bits per heavy atom. The first-order valence-electron chi connectivity index (χ1n) is 10.2. The van der Waals surface area contributed by atoms with Crippen LogP contribution in [0.2, 0.25) is 0 Å². The van der Waals surface area contributed by atoms with Gasteiger partial charge in [0.05, 0.1) is 12.3 Å². The third-order valence-electron chi connectivity index (χ3n) is 6.40. The van der Waals surface area contributed by atoms with Crippen molar-refractivity contribution in [3.63, 3.8) is 0 Å². The number of rotatable bonds is 3. The fraction of sp³-hybridized carbons (Fsp3) is 0.455. The van der Waals surface area contributed by atoms with Crippen molar-refractivity contribution in [3.8, 4) is 5.69 Å². The van der Waals surface area contributed by atoms with Crippen LogP contribution < -0.4 is 0 Å². The van der Waals surface area contributed by atoms with Gasteiger partial charge >= 0.3 is 6.18 Å². The summed E-state index contributed by atoms with van der Waals surface area (Å²) in [5.41, 5.74) is 1.63. The summed E-state index contributed by atoms with van der Waals surface area (Å²) < 4.78 is 46.3. The van der Waals surface area contributed by atoms with E-state index in [1.165, 1.54) is 25.5 Å². The SMILES string of the molecule is FC(F)(F)c1cc(-n2ccc3cc(CN4CCC5(CCOC5)CC4)cnc32)ccn1. The number of piperidine rings is 1. The Balaban J connectivity index is 1.33. The van der Waals surface area contributed by atoms with Gasteiger partial charge < -0.3 is 9.30 Å². The van der Waals surface area contributed by atoms with Crippen LogP contribution in [0.4, 0.5) is 13.2 Å². The third kappa shape index (κ3) is 3.70. The maximum Gasteiger partial charge on any atom is 0.433 e. The topological polar surface area (TPSA) is 43.2 Å². The molecule has 0 aliphatic carbocycles. The van der Waals surface area contributed by atoms with Crippen LogP contribution in [0.5, 0.6) is 0 Å². The number of hydrogen-bond acceptors (Lipinski definition) is 4. The zero-order chi connectivity index (χ0) is 20.8. The van der Waals surface area contributed by atoms with E-state index < -0.39 is 11.9 Å². The molecule has 0 aromatic carbocycles. The van der Waals surface area contributed by atoms with Crippen LogP contribution in [0.1, 0.15) is 30.5 Å². The molecule has 0 bridgehead atoms. The summed E-state index contributed by atoms with van der Waals surface area (Å²) in [6, 6.07) is 6.57. The van der Waals surface area contributed by atoms with Crippen molar-refractivity contribution < 1.29 is 17.9 Å². The van der Waals surface area contributed by atoms with E-state index in [1.807, 2.05) is 12.3 Å². The molecular formula is C22H23F3N4O. The van der Waals surface area contributed by atoms with Gasteiger partial charge in [-0.3, -0.25) is 9.88 Å². The highest BCUT2D eigenvalue weighted by Crippen LogP contribution is 2.39. The third-order valence-corrected chi connectivity index (χ3v) is 6.40. The molecule has 30 heavy (non-hydrogen) atoms. The highest BCUT2D eigenvalue weighted by molar-refractivity contribution is 5.78. The molecule has 0 unspecified atom stereocenters. The van der Waals surface area contributed by atoms with Crippen molar-refractivity contribution in [2.75, 3.05) is 26.3 Å². The molecule has 0 amide bonds. The number of halogens is 3. The van der Waals surface area contributed by atoms with Gasteiger partial charge in [0.1, 0.15) is 11.3 Å². The van der Waals surface area contributed by atoms with E-state index in [2.05, 4.69) is 20.9 Å². The van der Waals surface area contributed by atoms with E-state index in [0.717, 1.165) is 49.9 Å². The summed E-state index contributed by atoms with van der Waals surface area (Å²) in [7, 11) is 0. The molecule has 0 saturated carbocycles. The molecule has 2 saturated heterocycles. The minimum atomic E-state index is -4.47. The van der Waals surface area contributed by atoms with Crippen molar-refractivity contribution in [2.24, 2.45) is 5.41 Å². The lowest BCUT2D eigenvalue weighted by Crippen LogP contribution is -2.40. The number of alkyl halides is 3. The molecular weight excluding hydrogens is 393 g/mol. The van der Waals surface area contributed by atoms with Crippen LogP contribution in [0.3, 0.4) is 0 Å². The van der Waals surface area contributed by atoms with Gasteiger partial charge in [0.15, 0.2) is 0 Å². The lowest BCUT2D eigenvalue weighted by atomic mass is 9.78. The fourth-order valence-corrected chi connectivity index (χ4v) is 4.58. The molecule has 158 valence electrons. The van der Waals surface area contributed by atoms with Crippen LogP contribution in [0.15, 0.2) is 42.9 Å². The summed E-state index contributed by atoms with van der Waals surface area (Å²) in [4.78, 5) is 10.4. The summed E-state index contributed by atoms with van der Waals surface area (Å²) in [6.07, 6.45) is 3.79. The highest BCUT2D eigenvalue weighted by atomic mass is 19.4. The van der Waals surface area contributed by atoms with E-state index in [9.17, 15) is 13.2 Å². The van der Waals surface area contributed by atoms with Crippen LogP contribution in [0.25, 0.3) is 16.7 Å². The van der Waals surface area contributed by atoms with Gasteiger partial charge in [-0.15, -0.1) is 0 Å². The number of aromatic nitrogens is 3. The molecule has 1 spiro atoms. The number of nitrogens with zero attached hydrogens (tertiary/aromatic N) is 4. The molecule has 5 heterocycles. The van der Waals surface area contributed by atoms with Crippen LogP contribution in [0, 0.1) is 5.41 Å². The lowest BCUT2D eigenvalue weighted by molar-refractivity contribution is -0.141. The molecule has 3 aromatic heterocycles. The molecule has 5 nitrogen and oxygen atoms in total. The van der Waals surface area contributed by atoms with Crippen molar-refractivity contribution in [2.45, 2.75) is 32.0 Å². The molecule has 2 fully saturated rings. The zero-order valence-electron chi connectivity index (χ0n) is 16.5. The number of pyridine rings is 2. The normalized spacial score (nSPS) is 19.7. The summed E-state index contributed by atoms with van der Waals surface area (Å²) in [6.45, 7) is 4.73. The smallest absolute Gasteiger partial charge is 0.381 e.